The average Bonchev–Trinajstić information content (AvgIpc) is 3.17. The largest absolute Gasteiger partial charge is 0.342 e. The lowest BCUT2D eigenvalue weighted by Gasteiger charge is -2.37. The van der Waals surface area contributed by atoms with E-state index in [9.17, 15) is 4.79 Å². The molecule has 4 heterocycles. The van der Waals surface area contributed by atoms with Crippen molar-refractivity contribution in [2.24, 2.45) is 11.8 Å². The summed E-state index contributed by atoms with van der Waals surface area (Å²) >= 11 is 0. The molecule has 4 rings (SSSR count). The normalized spacial score (nSPS) is 22.1. The number of carbonyl (C=O) groups excluding carboxylic acids is 1. The minimum atomic E-state index is 0.0906. The zero-order chi connectivity index (χ0) is 18.6. The Hall–Kier alpha value is -2.28. The fraction of sp³-hybridized carbons (Fsp3) is 0.600. The molecular weight excluding hydrogens is 342 g/mol. The van der Waals surface area contributed by atoms with Gasteiger partial charge in [-0.25, -0.2) is 0 Å². The van der Waals surface area contributed by atoms with Crippen molar-refractivity contribution in [1.29, 1.82) is 0 Å². The van der Waals surface area contributed by atoms with Crippen molar-refractivity contribution >= 4 is 5.91 Å². The summed E-state index contributed by atoms with van der Waals surface area (Å²) in [5, 5.41) is 4.06. The molecule has 0 aliphatic carbocycles. The lowest BCUT2D eigenvalue weighted by Crippen LogP contribution is -2.46. The Bertz CT molecular complexity index is 755. The Morgan fingerprint density at radius 1 is 1.26 bits per heavy atom. The fourth-order valence-electron chi connectivity index (χ4n) is 4.01. The van der Waals surface area contributed by atoms with Crippen LogP contribution in [0.2, 0.25) is 0 Å². The second-order valence-electron chi connectivity index (χ2n) is 7.84. The van der Waals surface area contributed by atoms with Crippen LogP contribution in [0.25, 0.3) is 11.4 Å². The highest BCUT2D eigenvalue weighted by Crippen LogP contribution is 2.24. The molecule has 0 N–H and O–H groups in total. The van der Waals surface area contributed by atoms with Crippen molar-refractivity contribution < 1.29 is 9.32 Å². The molecule has 0 radical (unpaired) electrons. The Labute approximate surface area is 159 Å². The van der Waals surface area contributed by atoms with E-state index >= 15 is 0 Å². The van der Waals surface area contributed by atoms with Gasteiger partial charge in [0.25, 0.3) is 0 Å². The van der Waals surface area contributed by atoms with Crippen molar-refractivity contribution in [1.82, 2.24) is 24.9 Å². The second-order valence-corrected chi connectivity index (χ2v) is 7.84. The van der Waals surface area contributed by atoms with Crippen LogP contribution in [0.5, 0.6) is 0 Å². The van der Waals surface area contributed by atoms with Gasteiger partial charge in [-0.05, 0) is 50.3 Å². The minimum Gasteiger partial charge on any atom is -0.342 e. The van der Waals surface area contributed by atoms with E-state index in [-0.39, 0.29) is 5.92 Å². The molecule has 7 heteroatoms. The van der Waals surface area contributed by atoms with Gasteiger partial charge in [-0.15, -0.1) is 0 Å². The first-order valence-corrected chi connectivity index (χ1v) is 9.93. The molecule has 1 amide bonds. The van der Waals surface area contributed by atoms with Gasteiger partial charge in [-0.1, -0.05) is 12.1 Å². The van der Waals surface area contributed by atoms with Crippen molar-refractivity contribution in [3.63, 3.8) is 0 Å². The molecule has 2 fully saturated rings. The first-order valence-electron chi connectivity index (χ1n) is 9.93. The van der Waals surface area contributed by atoms with Gasteiger partial charge in [-0.3, -0.25) is 14.7 Å². The number of hydrogen-bond donors (Lipinski definition) is 0. The number of amides is 1. The third-order valence-corrected chi connectivity index (χ3v) is 5.70. The zero-order valence-corrected chi connectivity index (χ0v) is 15.9. The van der Waals surface area contributed by atoms with E-state index in [1.165, 1.54) is 0 Å². The third kappa shape index (κ3) is 4.35. The number of piperidine rings is 2. The minimum absolute atomic E-state index is 0.0906. The van der Waals surface area contributed by atoms with Gasteiger partial charge >= 0.3 is 0 Å². The average molecular weight is 369 g/mol. The maximum Gasteiger partial charge on any atom is 0.241 e. The summed E-state index contributed by atoms with van der Waals surface area (Å²) in [7, 11) is 0. The Kier molecular flexibility index (Phi) is 5.48. The van der Waals surface area contributed by atoms with Crippen molar-refractivity contribution in [2.45, 2.75) is 39.2 Å². The van der Waals surface area contributed by atoms with Crippen molar-refractivity contribution in [3.05, 3.63) is 30.4 Å². The molecule has 144 valence electrons. The molecule has 0 spiro atoms. The molecule has 1 unspecified atom stereocenters. The Balaban J connectivity index is 1.35. The lowest BCUT2D eigenvalue weighted by molar-refractivity contribution is -0.138. The van der Waals surface area contributed by atoms with E-state index in [0.29, 0.717) is 24.2 Å². The summed E-state index contributed by atoms with van der Waals surface area (Å²) < 4.78 is 5.42. The molecule has 7 nitrogen and oxygen atoms in total. The second kappa shape index (κ2) is 8.17. The van der Waals surface area contributed by atoms with Crippen LogP contribution in [0.3, 0.4) is 0 Å². The number of carbonyl (C=O) groups is 1. The summed E-state index contributed by atoms with van der Waals surface area (Å²) in [4.78, 5) is 25.8. The maximum absolute atomic E-state index is 12.9. The number of rotatable bonds is 4. The van der Waals surface area contributed by atoms with Crippen molar-refractivity contribution in [2.75, 3.05) is 26.2 Å². The molecule has 2 aromatic rings. The zero-order valence-electron chi connectivity index (χ0n) is 15.9. The van der Waals surface area contributed by atoms with E-state index in [1.54, 1.807) is 12.4 Å². The SMILES string of the molecule is CC1CCN(C(=O)C2CCCN(Cc3nc(-c4cccnc4)no3)C2)CC1. The topological polar surface area (TPSA) is 75.4 Å². The van der Waals surface area contributed by atoms with Crippen molar-refractivity contribution in [3.8, 4) is 11.4 Å². The Morgan fingerprint density at radius 2 is 2.11 bits per heavy atom. The highest BCUT2D eigenvalue weighted by Gasteiger charge is 2.31. The van der Waals surface area contributed by atoms with E-state index in [0.717, 1.165) is 63.3 Å². The standard InChI is InChI=1S/C20H27N5O2/c1-15-6-10-25(11-7-15)20(26)17-5-3-9-24(13-17)14-18-22-19(23-27-18)16-4-2-8-21-12-16/h2,4,8,12,15,17H,3,5-7,9-11,13-14H2,1H3. The first kappa shape index (κ1) is 18.1. The number of hydrogen-bond acceptors (Lipinski definition) is 6. The quantitative estimate of drug-likeness (QED) is 0.825. The van der Waals surface area contributed by atoms with Crippen LogP contribution < -0.4 is 0 Å². The van der Waals surface area contributed by atoms with Gasteiger partial charge in [0.05, 0.1) is 12.5 Å². The smallest absolute Gasteiger partial charge is 0.241 e. The highest BCUT2D eigenvalue weighted by molar-refractivity contribution is 5.79. The molecule has 0 saturated carbocycles. The third-order valence-electron chi connectivity index (χ3n) is 5.70. The van der Waals surface area contributed by atoms with Crippen LogP contribution in [0.4, 0.5) is 0 Å². The van der Waals surface area contributed by atoms with Gasteiger partial charge in [0, 0.05) is 37.6 Å². The van der Waals surface area contributed by atoms with Crippen LogP contribution in [0, 0.1) is 11.8 Å². The highest BCUT2D eigenvalue weighted by atomic mass is 16.5. The molecule has 1 atom stereocenters. The molecule has 2 aliphatic heterocycles. The summed E-state index contributed by atoms with van der Waals surface area (Å²) in [6, 6.07) is 3.77. The summed E-state index contributed by atoms with van der Waals surface area (Å²) in [6.07, 6.45) is 7.71. The maximum atomic E-state index is 12.9. The van der Waals surface area contributed by atoms with Crippen LogP contribution in [0.1, 0.15) is 38.5 Å². The summed E-state index contributed by atoms with van der Waals surface area (Å²) in [6.45, 7) is 6.42. The molecule has 2 saturated heterocycles. The Morgan fingerprint density at radius 3 is 2.89 bits per heavy atom. The molecule has 2 aromatic heterocycles. The number of nitrogens with zero attached hydrogens (tertiary/aromatic N) is 5. The fourth-order valence-corrected chi connectivity index (χ4v) is 4.01. The van der Waals surface area contributed by atoms with E-state index < -0.39 is 0 Å². The van der Waals surface area contributed by atoms with E-state index in [4.69, 9.17) is 4.52 Å². The van der Waals surface area contributed by atoms with Crippen LogP contribution in [-0.4, -0.2) is 57.0 Å². The first-order chi connectivity index (χ1) is 13.2. The van der Waals surface area contributed by atoms with Gasteiger partial charge in [0.2, 0.25) is 17.6 Å². The summed E-state index contributed by atoms with van der Waals surface area (Å²) in [5.41, 5.74) is 0.846. The molecule has 2 aliphatic rings. The van der Waals surface area contributed by atoms with Gasteiger partial charge in [0.15, 0.2) is 0 Å². The molecule has 0 aromatic carbocycles. The molecule has 27 heavy (non-hydrogen) atoms. The number of likely N-dealkylation sites (tertiary alicyclic amines) is 2. The monoisotopic (exact) mass is 369 g/mol. The number of pyridine rings is 1. The van der Waals surface area contributed by atoms with Gasteiger partial charge < -0.3 is 9.42 Å². The predicted octanol–water partition coefficient (Wildman–Crippen LogP) is 2.60. The predicted molar refractivity (Wildman–Crippen MR) is 101 cm³/mol. The van der Waals surface area contributed by atoms with Crippen LogP contribution in [0.15, 0.2) is 29.0 Å². The van der Waals surface area contributed by atoms with E-state index in [1.807, 2.05) is 12.1 Å². The van der Waals surface area contributed by atoms with E-state index in [2.05, 4.69) is 31.8 Å². The summed E-state index contributed by atoms with van der Waals surface area (Å²) in [5.74, 6) is 2.31. The van der Waals surface area contributed by atoms with Crippen LogP contribution >= 0.6 is 0 Å². The number of aromatic nitrogens is 3. The molecular formula is C20H27N5O2. The van der Waals surface area contributed by atoms with Gasteiger partial charge in [0.1, 0.15) is 0 Å². The molecule has 0 bridgehead atoms. The lowest BCUT2D eigenvalue weighted by atomic mass is 9.93. The van der Waals surface area contributed by atoms with Gasteiger partial charge in [-0.2, -0.15) is 4.98 Å². The van der Waals surface area contributed by atoms with Crippen LogP contribution in [-0.2, 0) is 11.3 Å².